The summed E-state index contributed by atoms with van der Waals surface area (Å²) in [6.07, 6.45) is 0. The smallest absolute Gasteiger partial charge is 0.251 e. The Morgan fingerprint density at radius 1 is 1.38 bits per heavy atom. The minimum Gasteiger partial charge on any atom is -0.382 e. The maximum absolute atomic E-state index is 11.9. The van der Waals surface area contributed by atoms with Gasteiger partial charge in [-0.2, -0.15) is 0 Å². The molecule has 0 saturated carbocycles. The topological polar surface area (TPSA) is 38.3 Å². The first-order valence-corrected chi connectivity index (χ1v) is 5.50. The third-order valence-electron chi connectivity index (χ3n) is 2.09. The van der Waals surface area contributed by atoms with Crippen LogP contribution in [0.3, 0.4) is 0 Å². The molecule has 1 rings (SSSR count). The van der Waals surface area contributed by atoms with Gasteiger partial charge in [0.25, 0.3) is 5.91 Å². The number of thiol groups is 1. The van der Waals surface area contributed by atoms with E-state index < -0.39 is 0 Å². The molecule has 0 fully saturated rings. The van der Waals surface area contributed by atoms with Gasteiger partial charge in [-0.15, -0.1) is 12.6 Å². The summed E-state index contributed by atoms with van der Waals surface area (Å²) in [6.45, 7) is 4.31. The van der Waals surface area contributed by atoms with Crippen molar-refractivity contribution in [3.05, 3.63) is 29.8 Å². The Hall–Kier alpha value is -1.00. The van der Waals surface area contributed by atoms with E-state index in [1.54, 1.807) is 31.4 Å². The first-order chi connectivity index (χ1) is 7.44. The predicted octanol–water partition coefficient (Wildman–Crippen LogP) is 2.13. The first kappa shape index (κ1) is 13.1. The van der Waals surface area contributed by atoms with Crippen LogP contribution in [0, 0.1) is 0 Å². The van der Waals surface area contributed by atoms with Crippen LogP contribution in [-0.4, -0.2) is 25.2 Å². The van der Waals surface area contributed by atoms with E-state index in [-0.39, 0.29) is 11.4 Å². The number of rotatable bonds is 4. The van der Waals surface area contributed by atoms with E-state index >= 15 is 0 Å². The van der Waals surface area contributed by atoms with Crippen molar-refractivity contribution in [3.8, 4) is 0 Å². The van der Waals surface area contributed by atoms with Gasteiger partial charge in [0.2, 0.25) is 0 Å². The van der Waals surface area contributed by atoms with Gasteiger partial charge < -0.3 is 10.1 Å². The largest absolute Gasteiger partial charge is 0.382 e. The summed E-state index contributed by atoms with van der Waals surface area (Å²) in [5.41, 5.74) is 0.257. The SMILES string of the molecule is COCC(C)(C)NC(=O)c1ccc(S)cc1. The molecule has 0 unspecified atom stereocenters. The molecule has 0 atom stereocenters. The molecule has 0 aliphatic carbocycles. The fourth-order valence-electron chi connectivity index (χ4n) is 1.39. The highest BCUT2D eigenvalue weighted by atomic mass is 32.1. The van der Waals surface area contributed by atoms with Crippen molar-refractivity contribution in [2.75, 3.05) is 13.7 Å². The molecule has 4 heteroatoms. The van der Waals surface area contributed by atoms with Gasteiger partial charge in [0.15, 0.2) is 0 Å². The van der Waals surface area contributed by atoms with Crippen molar-refractivity contribution in [3.63, 3.8) is 0 Å². The number of carbonyl (C=O) groups is 1. The molecule has 0 spiro atoms. The second kappa shape index (κ2) is 5.37. The quantitative estimate of drug-likeness (QED) is 0.790. The zero-order valence-corrected chi connectivity index (χ0v) is 10.7. The average Bonchev–Trinajstić information content (AvgIpc) is 2.17. The van der Waals surface area contributed by atoms with Crippen LogP contribution >= 0.6 is 12.6 Å². The minimum absolute atomic E-state index is 0.101. The Bertz CT molecular complexity index is 360. The average molecular weight is 239 g/mol. The van der Waals surface area contributed by atoms with Crippen LogP contribution in [-0.2, 0) is 4.74 Å². The number of benzene rings is 1. The van der Waals surface area contributed by atoms with E-state index in [9.17, 15) is 4.79 Å². The molecule has 1 aromatic rings. The second-order valence-electron chi connectivity index (χ2n) is 4.32. The summed E-state index contributed by atoms with van der Waals surface area (Å²) in [5.74, 6) is -0.101. The van der Waals surface area contributed by atoms with Crippen LogP contribution in [0.4, 0.5) is 0 Å². The standard InChI is InChI=1S/C12H17NO2S/c1-12(2,8-15-3)13-11(14)9-4-6-10(16)7-5-9/h4-7,16H,8H2,1-3H3,(H,13,14). The van der Waals surface area contributed by atoms with E-state index in [4.69, 9.17) is 4.74 Å². The van der Waals surface area contributed by atoms with E-state index in [1.807, 2.05) is 13.8 Å². The lowest BCUT2D eigenvalue weighted by atomic mass is 10.1. The molecule has 1 amide bonds. The second-order valence-corrected chi connectivity index (χ2v) is 4.83. The third kappa shape index (κ3) is 3.87. The molecule has 16 heavy (non-hydrogen) atoms. The first-order valence-electron chi connectivity index (χ1n) is 5.05. The van der Waals surface area contributed by atoms with Gasteiger partial charge in [0.1, 0.15) is 0 Å². The maximum Gasteiger partial charge on any atom is 0.251 e. The lowest BCUT2D eigenvalue weighted by molar-refractivity contribution is 0.0820. The van der Waals surface area contributed by atoms with Gasteiger partial charge in [-0.1, -0.05) is 0 Å². The maximum atomic E-state index is 11.9. The van der Waals surface area contributed by atoms with Crippen LogP contribution in [0.5, 0.6) is 0 Å². The highest BCUT2D eigenvalue weighted by Crippen LogP contribution is 2.09. The Balaban J connectivity index is 2.69. The zero-order chi connectivity index (χ0) is 12.2. The van der Waals surface area contributed by atoms with Crippen molar-refractivity contribution in [2.24, 2.45) is 0 Å². The molecule has 0 aliphatic heterocycles. The molecule has 1 N–H and O–H groups in total. The summed E-state index contributed by atoms with van der Waals surface area (Å²) in [7, 11) is 1.61. The molecule has 1 aromatic carbocycles. The third-order valence-corrected chi connectivity index (χ3v) is 2.38. The highest BCUT2D eigenvalue weighted by Gasteiger charge is 2.20. The fourth-order valence-corrected chi connectivity index (χ4v) is 1.54. The number of amides is 1. The molecule has 0 radical (unpaired) electrons. The van der Waals surface area contributed by atoms with Crippen LogP contribution < -0.4 is 5.32 Å². The zero-order valence-electron chi connectivity index (χ0n) is 9.78. The molecule has 0 bridgehead atoms. The molecule has 88 valence electrons. The van der Waals surface area contributed by atoms with Gasteiger partial charge in [-0.3, -0.25) is 4.79 Å². The monoisotopic (exact) mass is 239 g/mol. The Labute approximate surface area is 102 Å². The number of hydrogen-bond donors (Lipinski definition) is 2. The van der Waals surface area contributed by atoms with E-state index in [0.717, 1.165) is 4.90 Å². The van der Waals surface area contributed by atoms with Crippen LogP contribution in [0.2, 0.25) is 0 Å². The summed E-state index contributed by atoms with van der Waals surface area (Å²) in [4.78, 5) is 12.7. The molecule has 0 aliphatic rings. The summed E-state index contributed by atoms with van der Waals surface area (Å²) >= 11 is 4.17. The van der Waals surface area contributed by atoms with Crippen molar-refractivity contribution < 1.29 is 9.53 Å². The van der Waals surface area contributed by atoms with Crippen LogP contribution in [0.15, 0.2) is 29.2 Å². The summed E-state index contributed by atoms with van der Waals surface area (Å²) in [5, 5.41) is 2.90. The summed E-state index contributed by atoms with van der Waals surface area (Å²) < 4.78 is 5.04. The van der Waals surface area contributed by atoms with Crippen LogP contribution in [0.1, 0.15) is 24.2 Å². The number of hydrogen-bond acceptors (Lipinski definition) is 3. The molecular weight excluding hydrogens is 222 g/mol. The lowest BCUT2D eigenvalue weighted by Gasteiger charge is -2.25. The van der Waals surface area contributed by atoms with Crippen molar-refractivity contribution in [1.29, 1.82) is 0 Å². The minimum atomic E-state index is -0.370. The fraction of sp³-hybridized carbons (Fsp3) is 0.417. The highest BCUT2D eigenvalue weighted by molar-refractivity contribution is 7.80. The Kier molecular flexibility index (Phi) is 4.38. The molecule has 0 aromatic heterocycles. The number of nitrogens with one attached hydrogen (secondary N) is 1. The molecule has 3 nitrogen and oxygen atoms in total. The van der Waals surface area contributed by atoms with Gasteiger partial charge in [0.05, 0.1) is 12.1 Å². The van der Waals surface area contributed by atoms with Gasteiger partial charge in [0, 0.05) is 17.6 Å². The van der Waals surface area contributed by atoms with E-state index in [1.165, 1.54) is 0 Å². The molecule has 0 heterocycles. The predicted molar refractivity (Wildman–Crippen MR) is 67.1 cm³/mol. The Morgan fingerprint density at radius 3 is 2.44 bits per heavy atom. The number of methoxy groups -OCH3 is 1. The van der Waals surface area contributed by atoms with Crippen molar-refractivity contribution >= 4 is 18.5 Å². The molecule has 0 saturated heterocycles. The van der Waals surface area contributed by atoms with Crippen molar-refractivity contribution in [2.45, 2.75) is 24.3 Å². The van der Waals surface area contributed by atoms with Crippen molar-refractivity contribution in [1.82, 2.24) is 5.32 Å². The van der Waals surface area contributed by atoms with Gasteiger partial charge in [-0.25, -0.2) is 0 Å². The lowest BCUT2D eigenvalue weighted by Crippen LogP contribution is -2.46. The number of ether oxygens (including phenoxy) is 1. The van der Waals surface area contributed by atoms with Gasteiger partial charge in [-0.05, 0) is 38.1 Å². The van der Waals surface area contributed by atoms with Gasteiger partial charge >= 0.3 is 0 Å². The summed E-state index contributed by atoms with van der Waals surface area (Å²) in [6, 6.07) is 7.09. The Morgan fingerprint density at radius 2 is 1.94 bits per heavy atom. The molecular formula is C12H17NO2S. The van der Waals surface area contributed by atoms with Crippen LogP contribution in [0.25, 0.3) is 0 Å². The van der Waals surface area contributed by atoms with E-state index in [0.29, 0.717) is 12.2 Å². The van der Waals surface area contributed by atoms with E-state index in [2.05, 4.69) is 17.9 Å². The normalized spacial score (nSPS) is 11.2. The number of carbonyl (C=O) groups excluding carboxylic acids is 1.